The molecule has 4 N–H and O–H groups in total. The number of carbonyl (C=O) groups excluding carboxylic acids is 3. The van der Waals surface area contributed by atoms with Gasteiger partial charge in [0.15, 0.2) is 0 Å². The van der Waals surface area contributed by atoms with E-state index < -0.39 is 69.3 Å². The van der Waals surface area contributed by atoms with E-state index >= 15 is 0 Å². The third kappa shape index (κ3) is 11.1. The van der Waals surface area contributed by atoms with E-state index in [0.29, 0.717) is 0 Å². The lowest BCUT2D eigenvalue weighted by Gasteiger charge is -2.40. The van der Waals surface area contributed by atoms with Crippen LogP contribution >= 0.6 is 0 Å². The third-order valence-corrected chi connectivity index (χ3v) is 9.43. The molecule has 0 bridgehead atoms. The molecule has 0 fully saturated rings. The number of hydrogen-bond donors (Lipinski definition) is 4. The second-order valence-electron chi connectivity index (χ2n) is 14.1. The van der Waals surface area contributed by atoms with Gasteiger partial charge in [-0.15, -0.1) is 0 Å². The Labute approximate surface area is 288 Å². The average Bonchev–Trinajstić information content (AvgIpc) is 3.00. The van der Waals surface area contributed by atoms with Crippen molar-refractivity contribution in [1.29, 1.82) is 0 Å². The Morgan fingerprint density at radius 1 is 0.898 bits per heavy atom. The van der Waals surface area contributed by atoms with Crippen molar-refractivity contribution in [1.82, 2.24) is 25.0 Å². The number of nitrogens with one attached hydrogen (secondary N) is 4. The van der Waals surface area contributed by atoms with Gasteiger partial charge in [-0.1, -0.05) is 103 Å². The largest absolute Gasteiger partial charge is 0.416 e. The molecular formula is C35H50F3N5O5S. The minimum Gasteiger partial charge on any atom is -0.342 e. The van der Waals surface area contributed by atoms with Crippen molar-refractivity contribution in [2.75, 3.05) is 14.1 Å². The normalized spacial score (nSPS) is 14.9. The molecule has 0 saturated carbocycles. The van der Waals surface area contributed by atoms with Gasteiger partial charge in [0.1, 0.15) is 6.04 Å². The van der Waals surface area contributed by atoms with Crippen molar-refractivity contribution in [2.45, 2.75) is 91.7 Å². The molecular weight excluding hydrogens is 659 g/mol. The predicted octanol–water partition coefficient (Wildman–Crippen LogP) is 4.68. The fraction of sp³-hybridized carbons (Fsp3) is 0.514. The van der Waals surface area contributed by atoms with Gasteiger partial charge in [-0.05, 0) is 42.5 Å². The molecule has 2 rings (SSSR count). The molecule has 0 aromatic heterocycles. The molecule has 3 amide bonds. The maximum absolute atomic E-state index is 14.1. The molecule has 0 aliphatic heterocycles. The summed E-state index contributed by atoms with van der Waals surface area (Å²) in [7, 11) is -1.34. The first-order valence-electron chi connectivity index (χ1n) is 15.9. The third-order valence-electron chi connectivity index (χ3n) is 8.45. The molecule has 0 saturated heterocycles. The highest BCUT2D eigenvalue weighted by Crippen LogP contribution is 2.32. The summed E-state index contributed by atoms with van der Waals surface area (Å²) in [6.45, 7) is 13.6. The number of hydrogen-bond acceptors (Lipinski definition) is 6. The Hall–Kier alpha value is -3.75. The van der Waals surface area contributed by atoms with Crippen LogP contribution in [-0.2, 0) is 42.7 Å². The van der Waals surface area contributed by atoms with Gasteiger partial charge in [0.2, 0.25) is 11.8 Å². The summed E-state index contributed by atoms with van der Waals surface area (Å²) in [4.78, 5) is 42.2. The minimum absolute atomic E-state index is 0.0457. The van der Waals surface area contributed by atoms with Crippen molar-refractivity contribution < 1.29 is 36.0 Å². The number of benzene rings is 2. The van der Waals surface area contributed by atoms with Gasteiger partial charge in [-0.25, -0.2) is 4.72 Å². The molecule has 0 aliphatic rings. The smallest absolute Gasteiger partial charge is 0.342 e. The number of alkyl halides is 3. The van der Waals surface area contributed by atoms with Crippen molar-refractivity contribution in [2.24, 2.45) is 11.3 Å². The molecule has 2 aromatic rings. The standard InChI is InChI=1S/C35H50F3N5O5S/c1-22(2)27(20-23(3)30(44)42-49(47,48)40-21-24-16-14-15-19-26(24)35(36,37)38)43(10)32(46)29(33(4,5)6)41-31(45)28(39-9)34(7,8)25-17-12-11-13-18-25/h11-20,22,27-29,39-40H,21H2,1-10H3,(H,41,45)(H,42,44)/b23-20+/t27-,28-,29-/m1/s1. The number of halogens is 3. The van der Waals surface area contributed by atoms with Gasteiger partial charge in [0.25, 0.3) is 5.91 Å². The molecule has 2 aromatic carbocycles. The second-order valence-corrected chi connectivity index (χ2v) is 15.6. The van der Waals surface area contributed by atoms with Gasteiger partial charge < -0.3 is 15.5 Å². The van der Waals surface area contributed by atoms with Crippen LogP contribution in [0.15, 0.2) is 66.2 Å². The van der Waals surface area contributed by atoms with Crippen molar-refractivity contribution in [3.8, 4) is 0 Å². The zero-order chi connectivity index (χ0) is 37.5. The van der Waals surface area contributed by atoms with E-state index in [9.17, 15) is 36.0 Å². The monoisotopic (exact) mass is 709 g/mol. The Bertz CT molecular complexity index is 1600. The van der Waals surface area contributed by atoms with Crippen LogP contribution in [0.4, 0.5) is 13.2 Å². The van der Waals surface area contributed by atoms with Crippen LogP contribution in [0.3, 0.4) is 0 Å². The number of nitrogens with zero attached hydrogens (tertiary/aromatic N) is 1. The maximum Gasteiger partial charge on any atom is 0.416 e. The summed E-state index contributed by atoms with van der Waals surface area (Å²) < 4.78 is 69.0. The highest BCUT2D eigenvalue weighted by molar-refractivity contribution is 7.88. The molecule has 3 atom stereocenters. The summed E-state index contributed by atoms with van der Waals surface area (Å²) in [5, 5.41) is 6.05. The minimum atomic E-state index is -4.69. The van der Waals surface area contributed by atoms with Crippen molar-refractivity contribution in [3.63, 3.8) is 0 Å². The predicted molar refractivity (Wildman–Crippen MR) is 184 cm³/mol. The zero-order valence-corrected chi connectivity index (χ0v) is 30.6. The van der Waals surface area contributed by atoms with Crippen LogP contribution in [0.1, 0.15) is 72.1 Å². The van der Waals surface area contributed by atoms with Crippen LogP contribution in [0, 0.1) is 11.3 Å². The Kier molecular flexibility index (Phi) is 13.8. The lowest BCUT2D eigenvalue weighted by molar-refractivity contribution is -0.141. The lowest BCUT2D eigenvalue weighted by atomic mass is 9.76. The van der Waals surface area contributed by atoms with Crippen molar-refractivity contribution in [3.05, 3.63) is 82.9 Å². The molecule has 272 valence electrons. The van der Waals surface area contributed by atoms with Crippen molar-refractivity contribution >= 4 is 27.9 Å². The Balaban J connectivity index is 2.27. The first-order chi connectivity index (χ1) is 22.4. The Morgan fingerprint density at radius 3 is 1.96 bits per heavy atom. The average molecular weight is 710 g/mol. The number of likely N-dealkylation sites (N-methyl/N-ethyl adjacent to an activating group) is 2. The van der Waals surface area contributed by atoms with Gasteiger partial charge >= 0.3 is 16.4 Å². The summed E-state index contributed by atoms with van der Waals surface area (Å²) in [5.74, 6) is -2.07. The fourth-order valence-electron chi connectivity index (χ4n) is 5.52. The molecule has 0 radical (unpaired) electrons. The Morgan fingerprint density at radius 2 is 1.45 bits per heavy atom. The van der Waals surface area contributed by atoms with Crippen LogP contribution in [0.25, 0.3) is 0 Å². The maximum atomic E-state index is 14.1. The summed E-state index contributed by atoms with van der Waals surface area (Å²) in [5.41, 5.74) is -1.79. The molecule has 0 unspecified atom stereocenters. The first kappa shape index (κ1) is 41.4. The van der Waals surface area contributed by atoms with Gasteiger partial charge in [-0.2, -0.15) is 26.3 Å². The zero-order valence-electron chi connectivity index (χ0n) is 29.8. The molecule has 0 spiro atoms. The molecule has 0 heterocycles. The molecule has 0 aliphatic carbocycles. The van der Waals surface area contributed by atoms with Crippen LogP contribution < -0.4 is 20.1 Å². The van der Waals surface area contributed by atoms with Crippen LogP contribution in [0.2, 0.25) is 0 Å². The molecule has 10 nitrogen and oxygen atoms in total. The van der Waals surface area contributed by atoms with Gasteiger partial charge in [-0.3, -0.25) is 14.4 Å². The topological polar surface area (TPSA) is 137 Å². The van der Waals surface area contributed by atoms with Gasteiger partial charge in [0.05, 0.1) is 17.6 Å². The van der Waals surface area contributed by atoms with E-state index in [1.165, 1.54) is 30.0 Å². The lowest BCUT2D eigenvalue weighted by Crippen LogP contribution is -2.61. The summed E-state index contributed by atoms with van der Waals surface area (Å²) in [6.07, 6.45) is -3.25. The summed E-state index contributed by atoms with van der Waals surface area (Å²) >= 11 is 0. The van der Waals surface area contributed by atoms with E-state index in [1.807, 2.05) is 88.2 Å². The van der Waals surface area contributed by atoms with E-state index in [0.717, 1.165) is 17.7 Å². The highest BCUT2D eigenvalue weighted by Gasteiger charge is 2.41. The first-order valence-corrected chi connectivity index (χ1v) is 17.4. The van der Waals surface area contributed by atoms with Crippen LogP contribution in [0.5, 0.6) is 0 Å². The van der Waals surface area contributed by atoms with E-state index in [1.54, 1.807) is 14.1 Å². The number of amides is 3. The van der Waals surface area contributed by atoms with Crippen LogP contribution in [-0.4, -0.2) is 63.3 Å². The fourth-order valence-corrected chi connectivity index (χ4v) is 6.35. The molecule has 14 heteroatoms. The van der Waals surface area contributed by atoms with E-state index in [2.05, 4.69) is 10.6 Å². The number of carbonyl (C=O) groups is 3. The van der Waals surface area contributed by atoms with E-state index in [4.69, 9.17) is 0 Å². The summed E-state index contributed by atoms with van der Waals surface area (Å²) in [6, 6.07) is 11.7. The van der Waals surface area contributed by atoms with Gasteiger partial charge in [0, 0.05) is 24.6 Å². The highest BCUT2D eigenvalue weighted by atomic mass is 32.2. The SMILES string of the molecule is CN[C@H](C(=O)N[C@H](C(=O)N(C)[C@H](/C=C(\C)C(=O)NS(=O)(=O)NCc1ccccc1C(F)(F)F)C(C)C)C(C)(C)C)C(C)(C)c1ccccc1. The quantitative estimate of drug-likeness (QED) is 0.211. The second kappa shape index (κ2) is 16.3. The van der Waals surface area contributed by atoms with E-state index in [-0.39, 0.29) is 23.0 Å². The number of rotatable bonds is 14. The molecule has 49 heavy (non-hydrogen) atoms.